The molecule has 0 spiro atoms. The Bertz CT molecular complexity index is 9090. The average Bonchev–Trinajstić information content (AvgIpc) is 1.56. The van der Waals surface area contributed by atoms with E-state index in [0.717, 1.165) is 191 Å². The number of rotatable bonds is 22. The molecule has 27 aromatic rings. The summed E-state index contributed by atoms with van der Waals surface area (Å²) in [6, 6.07) is 207. The molecule has 0 saturated carbocycles. The summed E-state index contributed by atoms with van der Waals surface area (Å²) in [4.78, 5) is 27.1. The van der Waals surface area contributed by atoms with E-state index < -0.39 is 0 Å². The largest absolute Gasteiger partial charge is 0.310 e. The van der Waals surface area contributed by atoms with Gasteiger partial charge in [-0.1, -0.05) is 388 Å². The van der Waals surface area contributed by atoms with Gasteiger partial charge in [0.1, 0.15) is 0 Å². The molecule has 5 heterocycles. The molecule has 150 heavy (non-hydrogen) atoms. The van der Waals surface area contributed by atoms with Crippen LogP contribution in [-0.4, -0.2) is 33.6 Å². The summed E-state index contributed by atoms with van der Waals surface area (Å²) in [6.45, 7) is 0. The lowest BCUT2D eigenvalue weighted by Gasteiger charge is -2.26. The molecule has 0 aliphatic heterocycles. The van der Waals surface area contributed by atoms with Gasteiger partial charge in [0.15, 0.2) is 11.6 Å². The summed E-state index contributed by atoms with van der Waals surface area (Å²) in [7, 11) is 0. The smallest absolute Gasteiger partial charge is 0.160 e. The molecule has 0 unspecified atom stereocenters. The van der Waals surface area contributed by atoms with E-state index in [2.05, 4.69) is 538 Å². The molecule has 0 aliphatic carbocycles. The lowest BCUT2D eigenvalue weighted by molar-refractivity contribution is 1.16. The normalized spacial score (nSPS) is 11.3. The van der Waals surface area contributed by atoms with Crippen LogP contribution in [0.5, 0.6) is 0 Å². The maximum absolute atomic E-state index is 5.05. The van der Waals surface area contributed by atoms with E-state index in [1.54, 1.807) is 0 Å². The Morgan fingerprint density at radius 1 is 0.120 bits per heavy atom. The van der Waals surface area contributed by atoms with Crippen molar-refractivity contribution in [3.63, 3.8) is 0 Å². The van der Waals surface area contributed by atoms with Gasteiger partial charge in [0.05, 0.1) is 55.9 Å². The maximum Gasteiger partial charge on any atom is 0.160 e. The Labute approximate surface area is 870 Å². The standard InChI is InChI=1S/C70H47N5.C70H49N5/c1-5-17-52(18-6-1)64-47-65(72-70(71-64)54-19-7-2-8-20-54)53-35-33-50(34-36-53)48-29-31-49(32-30-48)51-37-39-57(40-38-51)74-68-43-41-58(73(55-21-9-3-10-22-55)56-23-11-4-12-24-56)45-62(68)63-46-59(42-44-69(63)74)75-66-27-15-13-25-60(66)61-26-14-16-28-67(61)75;1-7-19-54(20-8-1)66-49-67(72-70(71-66)56-21-9-2-10-22-56)55-37-35-52(36-38-55)50-31-33-51(34-32-50)53-39-41-61(42-40-53)75-68-45-43-62(73(57-23-11-3-12-24-57)58-25-13-4-14-26-58)47-64(68)65-48-63(44-46-69(65)75)74(59-27-15-5-16-28-59)60-29-17-6-18-30-60/h1-47H;1-49H. The molecule has 0 bridgehead atoms. The molecule has 0 aliphatic rings. The Morgan fingerprint density at radius 3 is 0.573 bits per heavy atom. The molecule has 0 N–H and O–H groups in total. The first kappa shape index (κ1) is 89.9. The molecule has 5 aromatic heterocycles. The first-order valence-corrected chi connectivity index (χ1v) is 50.9. The van der Waals surface area contributed by atoms with Crippen molar-refractivity contribution in [1.29, 1.82) is 0 Å². The minimum absolute atomic E-state index is 0.710. The van der Waals surface area contributed by atoms with E-state index in [1.807, 2.05) is 72.8 Å². The maximum atomic E-state index is 5.05. The van der Waals surface area contributed by atoms with E-state index in [-0.39, 0.29) is 0 Å². The lowest BCUT2D eigenvalue weighted by Crippen LogP contribution is -2.09. The molecular formula is C140H96N10. The third kappa shape index (κ3) is 17.6. The molecular weight excluding hydrogens is 1820 g/mol. The molecule has 0 radical (unpaired) electrons. The van der Waals surface area contributed by atoms with Gasteiger partial charge in [0.2, 0.25) is 0 Å². The zero-order chi connectivity index (χ0) is 99.6. The minimum Gasteiger partial charge on any atom is -0.310 e. The van der Waals surface area contributed by atoms with Crippen LogP contribution in [0.2, 0.25) is 0 Å². The van der Waals surface area contributed by atoms with Crippen LogP contribution < -0.4 is 14.7 Å². The number of fused-ring (bicyclic) bond motifs is 9. The summed E-state index contributed by atoms with van der Waals surface area (Å²) < 4.78 is 7.24. The number of para-hydroxylation sites is 8. The van der Waals surface area contributed by atoms with E-state index in [4.69, 9.17) is 19.9 Å². The average molecular weight is 1920 g/mol. The summed E-state index contributed by atoms with van der Waals surface area (Å²) in [6.07, 6.45) is 0. The number of nitrogens with zero attached hydrogens (tertiary/aromatic N) is 10. The summed E-state index contributed by atoms with van der Waals surface area (Å²) >= 11 is 0. The molecule has 22 aromatic carbocycles. The fourth-order valence-corrected chi connectivity index (χ4v) is 21.2. The highest BCUT2D eigenvalue weighted by Crippen LogP contribution is 2.48. The summed E-state index contributed by atoms with van der Waals surface area (Å²) in [5, 5.41) is 7.20. The number of benzene rings is 22. The molecule has 0 saturated heterocycles. The van der Waals surface area contributed by atoms with Crippen molar-refractivity contribution >= 4 is 117 Å². The van der Waals surface area contributed by atoms with Gasteiger partial charge in [-0.15, -0.1) is 0 Å². The third-order valence-electron chi connectivity index (χ3n) is 28.5. The van der Waals surface area contributed by atoms with E-state index in [1.165, 1.54) is 43.4 Å². The van der Waals surface area contributed by atoms with E-state index >= 15 is 0 Å². The Morgan fingerprint density at radius 2 is 0.307 bits per heavy atom. The zero-order valence-electron chi connectivity index (χ0n) is 81.9. The molecule has 0 atom stereocenters. The number of hydrogen-bond donors (Lipinski definition) is 0. The van der Waals surface area contributed by atoms with Crippen LogP contribution in [0.3, 0.4) is 0 Å². The van der Waals surface area contributed by atoms with Crippen LogP contribution in [0, 0.1) is 0 Å². The van der Waals surface area contributed by atoms with Crippen molar-refractivity contribution in [2.24, 2.45) is 0 Å². The van der Waals surface area contributed by atoms with Crippen molar-refractivity contribution < 1.29 is 0 Å². The van der Waals surface area contributed by atoms with E-state index in [0.29, 0.717) is 11.6 Å². The van der Waals surface area contributed by atoms with Crippen molar-refractivity contribution in [3.8, 4) is 129 Å². The molecule has 706 valence electrons. The van der Waals surface area contributed by atoms with Crippen LogP contribution >= 0.6 is 0 Å². The summed E-state index contributed by atoms with van der Waals surface area (Å²) in [5.41, 5.74) is 39.1. The van der Waals surface area contributed by atoms with Crippen molar-refractivity contribution in [2.45, 2.75) is 0 Å². The Balaban J connectivity index is 0.000000151. The second-order valence-electron chi connectivity index (χ2n) is 37.7. The lowest BCUT2D eigenvalue weighted by atomic mass is 9.98. The van der Waals surface area contributed by atoms with Gasteiger partial charge in [-0.25, -0.2) is 19.9 Å². The molecule has 10 nitrogen and oxygen atoms in total. The number of hydrogen-bond acceptors (Lipinski definition) is 7. The van der Waals surface area contributed by atoms with Crippen molar-refractivity contribution in [2.75, 3.05) is 14.7 Å². The first-order chi connectivity index (χ1) is 74.4. The predicted molar refractivity (Wildman–Crippen MR) is 625 cm³/mol. The van der Waals surface area contributed by atoms with Gasteiger partial charge in [0.25, 0.3) is 0 Å². The van der Waals surface area contributed by atoms with Gasteiger partial charge in [-0.05, 0) is 239 Å². The van der Waals surface area contributed by atoms with Crippen LogP contribution in [0.1, 0.15) is 0 Å². The van der Waals surface area contributed by atoms with Gasteiger partial charge < -0.3 is 28.4 Å². The topological polar surface area (TPSA) is 76.1 Å². The SMILES string of the molecule is c1ccc(-c2cc(-c3ccc(-c4ccc(-c5ccc(-n6c7ccc(N(c8ccccc8)c8ccccc8)cc7c7cc(-n8c9ccccc9c9ccccc98)ccc76)cc5)cc4)cc3)nc(-c3ccccc3)n2)cc1.c1ccc(-c2cc(-c3ccc(-c4ccc(-c5ccc(-n6c7ccc(N(c8ccccc8)c8ccccc8)cc7c7cc(N(c8ccccc8)c8ccccc8)ccc76)cc5)cc4)cc3)nc(-c3ccccc3)n2)cc1. The number of aromatic nitrogens is 7. The molecule has 0 fully saturated rings. The molecule has 0 amide bonds. The zero-order valence-corrected chi connectivity index (χ0v) is 81.9. The van der Waals surface area contributed by atoms with Crippen LogP contribution in [0.4, 0.5) is 51.2 Å². The third-order valence-corrected chi connectivity index (χ3v) is 28.5. The van der Waals surface area contributed by atoms with Gasteiger partial charge in [0, 0.05) is 134 Å². The number of anilines is 9. The van der Waals surface area contributed by atoms with Crippen molar-refractivity contribution in [1.82, 2.24) is 33.6 Å². The van der Waals surface area contributed by atoms with Crippen LogP contribution in [-0.2, 0) is 0 Å². The molecule has 10 heteroatoms. The van der Waals surface area contributed by atoms with E-state index in [9.17, 15) is 0 Å². The monoisotopic (exact) mass is 1920 g/mol. The minimum atomic E-state index is 0.710. The van der Waals surface area contributed by atoms with Crippen LogP contribution in [0.15, 0.2) is 582 Å². The van der Waals surface area contributed by atoms with Crippen LogP contribution in [0.25, 0.3) is 195 Å². The Kier molecular flexibility index (Phi) is 23.9. The quantitative estimate of drug-likeness (QED) is 0.0669. The second-order valence-corrected chi connectivity index (χ2v) is 37.7. The summed E-state index contributed by atoms with van der Waals surface area (Å²) in [5.74, 6) is 1.42. The Hall–Kier alpha value is -20.2. The fourth-order valence-electron chi connectivity index (χ4n) is 21.2. The molecule has 27 rings (SSSR count). The highest BCUT2D eigenvalue weighted by Gasteiger charge is 2.26. The fraction of sp³-hybridized carbons (Fsp3) is 0. The van der Waals surface area contributed by atoms with Gasteiger partial charge in [-0.3, -0.25) is 0 Å². The predicted octanol–water partition coefficient (Wildman–Crippen LogP) is 37.3. The van der Waals surface area contributed by atoms with Crippen molar-refractivity contribution in [3.05, 3.63) is 582 Å². The van der Waals surface area contributed by atoms with Gasteiger partial charge in [-0.2, -0.15) is 0 Å². The van der Waals surface area contributed by atoms with Gasteiger partial charge >= 0.3 is 0 Å². The second kappa shape index (κ2) is 39.8. The highest BCUT2D eigenvalue weighted by molar-refractivity contribution is 6.15. The highest BCUT2D eigenvalue weighted by atomic mass is 15.2. The first-order valence-electron chi connectivity index (χ1n) is 50.9.